The van der Waals surface area contributed by atoms with Gasteiger partial charge in [-0.25, -0.2) is 9.97 Å². The quantitative estimate of drug-likeness (QED) is 0.631. The Balaban J connectivity index is 1.31. The van der Waals surface area contributed by atoms with E-state index in [4.69, 9.17) is 19.9 Å². The molecule has 4 heterocycles. The lowest BCUT2D eigenvalue weighted by Gasteiger charge is -2.31. The standard InChI is InChI=1S/C21H24N6O3S/c1-13(28)26-7-4-14(5-8-26)6-9-27-11-23-19(22)18-20(27)25-21(24-18)31-15-2-3-16-17(10-15)30-12-29-16/h2-3,10-11,14,22H,4-9,12H2,1H3,(H,24,25). The van der Waals surface area contributed by atoms with Gasteiger partial charge >= 0.3 is 0 Å². The number of aryl methyl sites for hydroxylation is 1. The Morgan fingerprint density at radius 3 is 2.90 bits per heavy atom. The van der Waals surface area contributed by atoms with Crippen LogP contribution in [0, 0.1) is 11.3 Å². The number of hydrogen-bond acceptors (Lipinski definition) is 7. The fraction of sp³-hybridized carbons (Fsp3) is 0.429. The zero-order valence-corrected chi connectivity index (χ0v) is 18.1. The van der Waals surface area contributed by atoms with Crippen LogP contribution in [0.3, 0.4) is 0 Å². The molecule has 1 amide bonds. The van der Waals surface area contributed by atoms with Crippen LogP contribution in [-0.4, -0.2) is 50.2 Å². The SMILES string of the molecule is CC(=O)N1CCC(CCn2cnc(=N)c3[nH]c(Sc4ccc5c(c4)OCO5)nc32)CC1. The molecule has 31 heavy (non-hydrogen) atoms. The number of nitrogens with one attached hydrogen (secondary N) is 2. The lowest BCUT2D eigenvalue weighted by molar-refractivity contribution is -0.130. The molecule has 1 fully saturated rings. The molecule has 2 aliphatic heterocycles. The largest absolute Gasteiger partial charge is 0.454 e. The van der Waals surface area contributed by atoms with Crippen molar-refractivity contribution in [1.82, 2.24) is 24.4 Å². The number of aromatic amines is 1. The van der Waals surface area contributed by atoms with Gasteiger partial charge in [0.25, 0.3) is 0 Å². The number of nitrogens with zero attached hydrogens (tertiary/aromatic N) is 4. The van der Waals surface area contributed by atoms with Crippen molar-refractivity contribution in [2.24, 2.45) is 5.92 Å². The van der Waals surface area contributed by atoms with E-state index in [1.807, 2.05) is 27.7 Å². The zero-order valence-electron chi connectivity index (χ0n) is 17.3. The number of imidazole rings is 1. The van der Waals surface area contributed by atoms with Gasteiger partial charge in [-0.15, -0.1) is 0 Å². The van der Waals surface area contributed by atoms with Gasteiger partial charge in [-0.1, -0.05) is 11.8 Å². The second-order valence-electron chi connectivity index (χ2n) is 7.88. The van der Waals surface area contributed by atoms with Crippen LogP contribution in [0.2, 0.25) is 0 Å². The van der Waals surface area contributed by atoms with Gasteiger partial charge in [-0.2, -0.15) is 0 Å². The number of rotatable bonds is 5. The fourth-order valence-corrected chi connectivity index (χ4v) is 4.90. The first-order valence-electron chi connectivity index (χ1n) is 10.4. The normalized spacial score (nSPS) is 16.2. The van der Waals surface area contributed by atoms with Gasteiger partial charge in [0.2, 0.25) is 12.7 Å². The summed E-state index contributed by atoms with van der Waals surface area (Å²) in [5, 5.41) is 8.87. The van der Waals surface area contributed by atoms with Crippen molar-refractivity contribution in [2.45, 2.75) is 42.8 Å². The van der Waals surface area contributed by atoms with Crippen molar-refractivity contribution < 1.29 is 14.3 Å². The van der Waals surface area contributed by atoms with Gasteiger partial charge in [0.1, 0.15) is 5.52 Å². The van der Waals surface area contributed by atoms with Crippen molar-refractivity contribution in [3.8, 4) is 11.5 Å². The Bertz CT molecular complexity index is 1180. The molecular formula is C21H24N6O3S. The molecule has 5 rings (SSSR count). The average molecular weight is 441 g/mol. The van der Waals surface area contributed by atoms with Gasteiger partial charge in [-0.05, 0) is 43.4 Å². The number of carbonyl (C=O) groups is 1. The number of piperidine rings is 1. The Morgan fingerprint density at radius 1 is 1.29 bits per heavy atom. The molecule has 3 aromatic rings. The number of likely N-dealkylation sites (tertiary alicyclic amines) is 1. The number of fused-ring (bicyclic) bond motifs is 2. The van der Waals surface area contributed by atoms with E-state index in [1.54, 1.807) is 13.3 Å². The molecule has 10 heteroatoms. The minimum absolute atomic E-state index is 0.161. The van der Waals surface area contributed by atoms with Gasteiger partial charge in [0.05, 0.1) is 6.33 Å². The summed E-state index contributed by atoms with van der Waals surface area (Å²) in [5.74, 6) is 2.22. The highest BCUT2D eigenvalue weighted by atomic mass is 32.2. The van der Waals surface area contributed by atoms with Crippen LogP contribution < -0.4 is 15.0 Å². The summed E-state index contributed by atoms with van der Waals surface area (Å²) in [7, 11) is 0. The smallest absolute Gasteiger partial charge is 0.231 e. The van der Waals surface area contributed by atoms with Gasteiger partial charge in [-0.3, -0.25) is 10.2 Å². The molecule has 9 nitrogen and oxygen atoms in total. The van der Waals surface area contributed by atoms with Crippen LogP contribution in [0.25, 0.3) is 11.2 Å². The Labute approximate surface area is 183 Å². The Hall–Kier alpha value is -3.01. The minimum Gasteiger partial charge on any atom is -0.454 e. The van der Waals surface area contributed by atoms with E-state index < -0.39 is 0 Å². The fourth-order valence-electron chi connectivity index (χ4n) is 4.08. The minimum atomic E-state index is 0.161. The third kappa shape index (κ3) is 4.12. The topological polar surface area (TPSA) is 109 Å². The second-order valence-corrected chi connectivity index (χ2v) is 8.94. The lowest BCUT2D eigenvalue weighted by Crippen LogP contribution is -2.37. The highest BCUT2D eigenvalue weighted by Gasteiger charge is 2.21. The first-order chi connectivity index (χ1) is 15.1. The predicted molar refractivity (Wildman–Crippen MR) is 114 cm³/mol. The molecule has 0 saturated carbocycles. The molecule has 0 bridgehead atoms. The molecular weight excluding hydrogens is 416 g/mol. The highest BCUT2D eigenvalue weighted by molar-refractivity contribution is 7.99. The van der Waals surface area contributed by atoms with Crippen LogP contribution in [0.4, 0.5) is 0 Å². The summed E-state index contributed by atoms with van der Waals surface area (Å²) in [5.41, 5.74) is 1.56. The number of aromatic nitrogens is 4. The van der Waals surface area contributed by atoms with Crippen molar-refractivity contribution in [3.63, 3.8) is 0 Å². The molecule has 2 aromatic heterocycles. The molecule has 1 saturated heterocycles. The number of benzene rings is 1. The van der Waals surface area contributed by atoms with Crippen molar-refractivity contribution in [1.29, 1.82) is 5.41 Å². The van der Waals surface area contributed by atoms with E-state index in [0.717, 1.165) is 60.9 Å². The maximum Gasteiger partial charge on any atom is 0.231 e. The molecule has 162 valence electrons. The van der Waals surface area contributed by atoms with Crippen molar-refractivity contribution in [2.75, 3.05) is 19.9 Å². The van der Waals surface area contributed by atoms with E-state index in [0.29, 0.717) is 16.6 Å². The summed E-state index contributed by atoms with van der Waals surface area (Å²) in [6.45, 7) is 4.34. The number of ether oxygens (including phenoxy) is 2. The third-order valence-electron chi connectivity index (χ3n) is 5.89. The summed E-state index contributed by atoms with van der Waals surface area (Å²) in [4.78, 5) is 26.6. The average Bonchev–Trinajstić information content (AvgIpc) is 3.41. The summed E-state index contributed by atoms with van der Waals surface area (Å²) >= 11 is 1.48. The monoisotopic (exact) mass is 440 g/mol. The first-order valence-corrected chi connectivity index (χ1v) is 11.2. The molecule has 0 atom stereocenters. The van der Waals surface area contributed by atoms with Crippen LogP contribution in [0.5, 0.6) is 11.5 Å². The first kappa shape index (κ1) is 19.9. The number of hydrogen-bond donors (Lipinski definition) is 2. The van der Waals surface area contributed by atoms with Crippen LogP contribution in [-0.2, 0) is 11.3 Å². The lowest BCUT2D eigenvalue weighted by atomic mass is 9.93. The van der Waals surface area contributed by atoms with Crippen LogP contribution in [0.15, 0.2) is 34.6 Å². The number of H-pyrrole nitrogens is 1. The third-order valence-corrected chi connectivity index (χ3v) is 6.77. The molecule has 2 aliphatic rings. The number of amides is 1. The molecule has 0 spiro atoms. The predicted octanol–water partition coefficient (Wildman–Crippen LogP) is 2.77. The van der Waals surface area contributed by atoms with Crippen molar-refractivity contribution in [3.05, 3.63) is 30.0 Å². The molecule has 0 radical (unpaired) electrons. The summed E-state index contributed by atoms with van der Waals surface area (Å²) in [6, 6.07) is 5.79. The van der Waals surface area contributed by atoms with Gasteiger partial charge < -0.3 is 23.9 Å². The highest BCUT2D eigenvalue weighted by Crippen LogP contribution is 2.37. The maximum atomic E-state index is 11.5. The van der Waals surface area contributed by atoms with E-state index in [9.17, 15) is 4.79 Å². The zero-order chi connectivity index (χ0) is 21.4. The maximum absolute atomic E-state index is 11.5. The summed E-state index contributed by atoms with van der Waals surface area (Å²) in [6.07, 6.45) is 4.76. The van der Waals surface area contributed by atoms with E-state index in [2.05, 4.69) is 9.97 Å². The van der Waals surface area contributed by atoms with Gasteiger partial charge in [0.15, 0.2) is 27.8 Å². The Kier molecular flexibility index (Phi) is 5.31. The van der Waals surface area contributed by atoms with Crippen LogP contribution in [0.1, 0.15) is 26.2 Å². The molecule has 1 aromatic carbocycles. The van der Waals surface area contributed by atoms with Gasteiger partial charge in [0, 0.05) is 31.5 Å². The Morgan fingerprint density at radius 2 is 2.10 bits per heavy atom. The molecule has 0 aliphatic carbocycles. The molecule has 2 N–H and O–H groups in total. The summed E-state index contributed by atoms with van der Waals surface area (Å²) < 4.78 is 12.8. The van der Waals surface area contributed by atoms with E-state index >= 15 is 0 Å². The van der Waals surface area contributed by atoms with Crippen molar-refractivity contribution >= 4 is 28.8 Å². The molecule has 0 unspecified atom stereocenters. The van der Waals surface area contributed by atoms with Crippen LogP contribution >= 0.6 is 11.8 Å². The van der Waals surface area contributed by atoms with E-state index in [1.165, 1.54) is 11.8 Å². The number of carbonyl (C=O) groups excluding carboxylic acids is 1. The second kappa shape index (κ2) is 8.26. The van der Waals surface area contributed by atoms with E-state index in [-0.39, 0.29) is 18.2 Å².